The minimum atomic E-state index is -1.59. The maximum atomic E-state index is 11.7. The summed E-state index contributed by atoms with van der Waals surface area (Å²) in [6, 6.07) is 6.64. The van der Waals surface area contributed by atoms with E-state index in [4.69, 9.17) is 18.1 Å². The highest BCUT2D eigenvalue weighted by Gasteiger charge is 2.09. The van der Waals surface area contributed by atoms with Gasteiger partial charge in [0.1, 0.15) is 0 Å². The van der Waals surface area contributed by atoms with Crippen LogP contribution in [0.15, 0.2) is 29.2 Å². The molecule has 0 saturated carbocycles. The summed E-state index contributed by atoms with van der Waals surface area (Å²) in [5, 5.41) is 9.48. The minimum absolute atomic E-state index is 0.365. The molecule has 0 aromatic heterocycles. The first-order valence-electron chi connectivity index (χ1n) is 4.37. The molecule has 1 aromatic carbocycles. The van der Waals surface area contributed by atoms with Gasteiger partial charge in [-0.05, 0) is 19.1 Å². The van der Waals surface area contributed by atoms with E-state index >= 15 is 0 Å². The van der Waals surface area contributed by atoms with Crippen molar-refractivity contribution in [2.45, 2.75) is 17.9 Å². The van der Waals surface area contributed by atoms with Gasteiger partial charge in [-0.3, -0.25) is 4.21 Å². The molecule has 2 nitrogen and oxygen atoms in total. The first kappa shape index (κ1) is 9.19. The van der Waals surface area contributed by atoms with Gasteiger partial charge in [-0.15, -0.1) is 0 Å². The molecule has 0 amide bonds. The Labute approximate surface area is 86.4 Å². The fraction of sp³-hybridized carbons (Fsp3) is 0.333. The van der Waals surface area contributed by atoms with Gasteiger partial charge in [0.15, 0.2) is 0 Å². The molecule has 4 heteroatoms. The molecule has 0 spiro atoms. The van der Waals surface area contributed by atoms with Crippen molar-refractivity contribution in [3.63, 3.8) is 0 Å². The molecule has 13 heavy (non-hydrogen) atoms. The highest BCUT2D eigenvalue weighted by molar-refractivity contribution is 7.85. The molecule has 1 aromatic rings. The predicted octanol–water partition coefficient (Wildman–Crippen LogP) is 1.83. The quantitative estimate of drug-likeness (QED) is 0.842. The number of aliphatic hydroxyl groups is 1. The van der Waals surface area contributed by atoms with Crippen molar-refractivity contribution in [3.8, 4) is 0 Å². The number of benzene rings is 1. The Bertz CT molecular complexity index is 343. The smallest absolute Gasteiger partial charge is 0.0630 e. The Kier molecular flexibility index (Phi) is 3.35. The van der Waals surface area contributed by atoms with Gasteiger partial charge in [0.25, 0.3) is 0 Å². The SMILES string of the molecule is [2H][C@H]([C@H](C)O)[S@@](=O)c1ccccc1Cl. The first-order valence-corrected chi connectivity index (χ1v) is 5.38. The second kappa shape index (κ2) is 4.74. The molecule has 0 aliphatic rings. The van der Waals surface area contributed by atoms with Crippen LogP contribution in [-0.4, -0.2) is 21.1 Å². The minimum Gasteiger partial charge on any atom is -0.392 e. The van der Waals surface area contributed by atoms with Gasteiger partial charge < -0.3 is 5.11 Å². The van der Waals surface area contributed by atoms with Crippen molar-refractivity contribution in [1.29, 1.82) is 0 Å². The van der Waals surface area contributed by atoms with Crippen LogP contribution in [0.4, 0.5) is 0 Å². The highest BCUT2D eigenvalue weighted by Crippen LogP contribution is 2.19. The largest absolute Gasteiger partial charge is 0.392 e. The molecular weight excluding hydrogens is 208 g/mol. The van der Waals surface area contributed by atoms with Gasteiger partial charge in [0.05, 0.1) is 32.6 Å². The maximum Gasteiger partial charge on any atom is 0.0630 e. The molecule has 3 atom stereocenters. The Morgan fingerprint density at radius 3 is 2.85 bits per heavy atom. The fourth-order valence-electron chi connectivity index (χ4n) is 0.860. The molecule has 0 unspecified atom stereocenters. The van der Waals surface area contributed by atoms with E-state index in [9.17, 15) is 4.21 Å². The van der Waals surface area contributed by atoms with E-state index in [1.807, 2.05) is 0 Å². The van der Waals surface area contributed by atoms with E-state index in [0.29, 0.717) is 9.92 Å². The lowest BCUT2D eigenvalue weighted by atomic mass is 10.4. The van der Waals surface area contributed by atoms with Crippen LogP contribution in [0.2, 0.25) is 5.02 Å². The molecule has 1 rings (SSSR count). The number of halogens is 1. The van der Waals surface area contributed by atoms with Gasteiger partial charge in [0.2, 0.25) is 0 Å². The molecular formula is C9H11ClO2S. The van der Waals surface area contributed by atoms with E-state index in [1.54, 1.807) is 24.3 Å². The molecule has 72 valence electrons. The zero-order valence-corrected chi connectivity index (χ0v) is 8.68. The van der Waals surface area contributed by atoms with Crippen LogP contribution in [0.25, 0.3) is 0 Å². The monoisotopic (exact) mass is 219 g/mol. The highest BCUT2D eigenvalue weighted by atomic mass is 35.5. The Balaban J connectivity index is 2.95. The summed E-state index contributed by atoms with van der Waals surface area (Å²) < 4.78 is 19.1. The van der Waals surface area contributed by atoms with Crippen LogP contribution in [0, 0.1) is 0 Å². The third-order valence-corrected chi connectivity index (χ3v) is 3.25. The van der Waals surface area contributed by atoms with Gasteiger partial charge in [-0.1, -0.05) is 23.7 Å². The zero-order valence-electron chi connectivity index (χ0n) is 8.11. The van der Waals surface area contributed by atoms with E-state index < -0.39 is 22.6 Å². The van der Waals surface area contributed by atoms with Gasteiger partial charge in [-0.2, -0.15) is 0 Å². The topological polar surface area (TPSA) is 37.3 Å². The van der Waals surface area contributed by atoms with Crippen molar-refractivity contribution >= 4 is 22.4 Å². The Morgan fingerprint density at radius 1 is 1.69 bits per heavy atom. The average molecular weight is 220 g/mol. The Morgan fingerprint density at radius 2 is 2.31 bits per heavy atom. The van der Waals surface area contributed by atoms with Gasteiger partial charge in [0, 0.05) is 1.37 Å². The van der Waals surface area contributed by atoms with Crippen LogP contribution < -0.4 is 0 Å². The lowest BCUT2D eigenvalue weighted by molar-refractivity contribution is 0.219. The predicted molar refractivity (Wildman–Crippen MR) is 54.4 cm³/mol. The van der Waals surface area contributed by atoms with Crippen molar-refractivity contribution in [2.75, 3.05) is 5.73 Å². The normalized spacial score (nSPS) is 18.8. The number of hydrogen-bond donors (Lipinski definition) is 1. The lowest BCUT2D eigenvalue weighted by Crippen LogP contribution is -2.12. The third-order valence-electron chi connectivity index (χ3n) is 1.37. The maximum absolute atomic E-state index is 11.7. The molecule has 1 N–H and O–H groups in total. The number of aliphatic hydroxyl groups excluding tert-OH is 1. The molecule has 0 bridgehead atoms. The van der Waals surface area contributed by atoms with Crippen molar-refractivity contribution in [1.82, 2.24) is 0 Å². The molecule has 0 saturated heterocycles. The van der Waals surface area contributed by atoms with Gasteiger partial charge >= 0.3 is 0 Å². The number of rotatable bonds is 3. The van der Waals surface area contributed by atoms with E-state index in [0.717, 1.165) is 0 Å². The zero-order chi connectivity index (χ0) is 10.7. The lowest BCUT2D eigenvalue weighted by Gasteiger charge is -2.05. The Hall–Kier alpha value is -0.380. The summed E-state index contributed by atoms with van der Waals surface area (Å²) in [5.41, 5.74) is -1.06. The van der Waals surface area contributed by atoms with Crippen molar-refractivity contribution < 1.29 is 10.7 Å². The molecule has 0 fully saturated rings. The fourth-order valence-corrected chi connectivity index (χ4v) is 2.20. The summed E-state index contributed by atoms with van der Waals surface area (Å²) in [7, 11) is -1.59. The van der Waals surface area contributed by atoms with Crippen LogP contribution >= 0.6 is 11.6 Å². The standard InChI is InChI=1S/C9H11ClO2S/c1-7(11)6-13(12)9-5-3-2-4-8(9)10/h2-5,7,11H,6H2,1H3/t7-,13+/m0/s1/i6D/t6-,7+,13-/m1. The van der Waals surface area contributed by atoms with E-state index in [1.165, 1.54) is 6.92 Å². The third kappa shape index (κ3) is 3.10. The van der Waals surface area contributed by atoms with Crippen LogP contribution in [0.5, 0.6) is 0 Å². The molecule has 0 radical (unpaired) electrons. The number of hydrogen-bond acceptors (Lipinski definition) is 2. The summed E-state index contributed by atoms with van der Waals surface area (Å²) in [5.74, 6) is 0. The average Bonchev–Trinajstić information content (AvgIpc) is 2.16. The van der Waals surface area contributed by atoms with E-state index in [2.05, 4.69) is 0 Å². The second-order valence-electron chi connectivity index (χ2n) is 2.60. The summed E-state index contributed by atoms with van der Waals surface area (Å²) in [4.78, 5) is 0.398. The first-order chi connectivity index (χ1) is 6.54. The molecule has 0 heterocycles. The van der Waals surface area contributed by atoms with Crippen molar-refractivity contribution in [3.05, 3.63) is 29.3 Å². The van der Waals surface area contributed by atoms with Gasteiger partial charge in [-0.25, -0.2) is 0 Å². The van der Waals surface area contributed by atoms with Crippen LogP contribution in [-0.2, 0) is 10.8 Å². The molecule has 0 aliphatic heterocycles. The van der Waals surface area contributed by atoms with Crippen molar-refractivity contribution in [2.24, 2.45) is 0 Å². The molecule has 0 aliphatic carbocycles. The van der Waals surface area contributed by atoms with Crippen LogP contribution in [0.3, 0.4) is 0 Å². The summed E-state index contributed by atoms with van der Waals surface area (Å²) in [6.07, 6.45) is -0.938. The summed E-state index contributed by atoms with van der Waals surface area (Å²) >= 11 is 5.81. The van der Waals surface area contributed by atoms with Crippen LogP contribution in [0.1, 0.15) is 8.29 Å². The second-order valence-corrected chi connectivity index (χ2v) is 4.32. The van der Waals surface area contributed by atoms with E-state index in [-0.39, 0.29) is 0 Å². The summed E-state index contributed by atoms with van der Waals surface area (Å²) in [6.45, 7) is 1.44.